The fourth-order valence-corrected chi connectivity index (χ4v) is 2.98. The average Bonchev–Trinajstić information content (AvgIpc) is 2.48. The summed E-state index contributed by atoms with van der Waals surface area (Å²) >= 11 is 3.36. The summed E-state index contributed by atoms with van der Waals surface area (Å²) in [6.07, 6.45) is 2.73. The first-order chi connectivity index (χ1) is 8.66. The number of hydrogen-bond acceptors (Lipinski definition) is 2. The summed E-state index contributed by atoms with van der Waals surface area (Å²) in [6.45, 7) is 0.670. The van der Waals surface area contributed by atoms with Gasteiger partial charge in [-0.05, 0) is 37.5 Å². The van der Waals surface area contributed by atoms with Gasteiger partial charge in [0.25, 0.3) is 5.91 Å². The van der Waals surface area contributed by atoms with Crippen molar-refractivity contribution in [3.8, 4) is 0 Å². The zero-order chi connectivity index (χ0) is 12.7. The third-order valence-corrected chi connectivity index (χ3v) is 4.03. The van der Waals surface area contributed by atoms with Crippen LogP contribution in [-0.2, 0) is 4.79 Å². The van der Waals surface area contributed by atoms with E-state index in [0.29, 0.717) is 17.8 Å². The lowest BCUT2D eigenvalue weighted by Gasteiger charge is -2.32. The van der Waals surface area contributed by atoms with Crippen LogP contribution in [0.25, 0.3) is 0 Å². The molecule has 1 aromatic rings. The predicted octanol–water partition coefficient (Wildman–Crippen LogP) is 2.40. The Balaban J connectivity index is 2.09. The van der Waals surface area contributed by atoms with Gasteiger partial charge in [-0.2, -0.15) is 0 Å². The van der Waals surface area contributed by atoms with E-state index in [1.807, 2.05) is 6.07 Å². The number of nitrogens with zero attached hydrogens (tertiary/aromatic N) is 1. The molecule has 18 heavy (non-hydrogen) atoms. The first-order valence-electron chi connectivity index (χ1n) is 6.08. The molecule has 1 saturated heterocycles. The van der Waals surface area contributed by atoms with E-state index in [2.05, 4.69) is 21.2 Å². The third kappa shape index (κ3) is 1.82. The summed E-state index contributed by atoms with van der Waals surface area (Å²) < 4.78 is 0.847. The standard InChI is InChI=1S/C13H13BrN2O2/c14-8-4-5-10-9(7-8)13(18)16-6-2-1-3-11(16)12(17)15-10/h4-5,7,11H,1-3,6H2,(H,15,17)/t11-/m0/s1. The number of carbonyl (C=O) groups is 2. The van der Waals surface area contributed by atoms with Gasteiger partial charge in [0.2, 0.25) is 5.91 Å². The van der Waals surface area contributed by atoms with Crippen molar-refractivity contribution in [3.05, 3.63) is 28.2 Å². The van der Waals surface area contributed by atoms with Gasteiger partial charge in [0.15, 0.2) is 0 Å². The van der Waals surface area contributed by atoms with Gasteiger partial charge < -0.3 is 10.2 Å². The molecule has 0 unspecified atom stereocenters. The number of nitrogens with one attached hydrogen (secondary N) is 1. The van der Waals surface area contributed by atoms with Gasteiger partial charge in [0.05, 0.1) is 11.3 Å². The van der Waals surface area contributed by atoms with E-state index in [-0.39, 0.29) is 17.9 Å². The minimum atomic E-state index is -0.308. The quantitative estimate of drug-likeness (QED) is 0.800. The van der Waals surface area contributed by atoms with Crippen LogP contribution < -0.4 is 5.32 Å². The van der Waals surface area contributed by atoms with Crippen molar-refractivity contribution >= 4 is 33.4 Å². The third-order valence-electron chi connectivity index (χ3n) is 3.54. The smallest absolute Gasteiger partial charge is 0.256 e. The Hall–Kier alpha value is -1.36. The molecule has 2 aliphatic heterocycles. The maximum atomic E-state index is 12.5. The molecule has 0 aromatic heterocycles. The SMILES string of the molecule is O=C1Nc2ccc(Br)cc2C(=O)N2CCCC[C@@H]12. The molecule has 0 saturated carbocycles. The summed E-state index contributed by atoms with van der Waals surface area (Å²) in [4.78, 5) is 26.3. The lowest BCUT2D eigenvalue weighted by Crippen LogP contribution is -2.47. The molecule has 3 rings (SSSR count). The van der Waals surface area contributed by atoms with Crippen molar-refractivity contribution in [1.82, 2.24) is 4.90 Å². The lowest BCUT2D eigenvalue weighted by molar-refractivity contribution is -0.121. The molecule has 2 amide bonds. The van der Waals surface area contributed by atoms with Gasteiger partial charge in [-0.3, -0.25) is 9.59 Å². The fourth-order valence-electron chi connectivity index (χ4n) is 2.62. The topological polar surface area (TPSA) is 49.4 Å². The van der Waals surface area contributed by atoms with E-state index in [1.54, 1.807) is 17.0 Å². The normalized spacial score (nSPS) is 22.9. The van der Waals surface area contributed by atoms with Crippen LogP contribution in [0.4, 0.5) is 5.69 Å². The highest BCUT2D eigenvalue weighted by molar-refractivity contribution is 9.10. The molecule has 1 fully saturated rings. The Morgan fingerprint density at radius 3 is 2.94 bits per heavy atom. The number of halogens is 1. The molecule has 0 aliphatic carbocycles. The maximum absolute atomic E-state index is 12.5. The summed E-state index contributed by atoms with van der Waals surface area (Å²) in [7, 11) is 0. The van der Waals surface area contributed by atoms with Gasteiger partial charge >= 0.3 is 0 Å². The lowest BCUT2D eigenvalue weighted by atomic mass is 10.0. The van der Waals surface area contributed by atoms with E-state index >= 15 is 0 Å². The van der Waals surface area contributed by atoms with Crippen LogP contribution in [0.2, 0.25) is 0 Å². The highest BCUT2D eigenvalue weighted by Crippen LogP contribution is 2.29. The molecule has 1 N–H and O–H groups in total. The molecular weight excluding hydrogens is 296 g/mol. The second-order valence-corrected chi connectivity index (χ2v) is 5.60. The monoisotopic (exact) mass is 308 g/mol. The molecule has 0 bridgehead atoms. The van der Waals surface area contributed by atoms with Crippen LogP contribution in [0.15, 0.2) is 22.7 Å². The number of rotatable bonds is 0. The first-order valence-corrected chi connectivity index (χ1v) is 6.87. The molecule has 0 radical (unpaired) electrons. The van der Waals surface area contributed by atoms with Gasteiger partial charge in [-0.25, -0.2) is 0 Å². The van der Waals surface area contributed by atoms with Crippen LogP contribution in [0.3, 0.4) is 0 Å². The molecule has 4 nitrogen and oxygen atoms in total. The second kappa shape index (κ2) is 4.39. The average molecular weight is 309 g/mol. The number of carbonyl (C=O) groups excluding carboxylic acids is 2. The number of amides is 2. The van der Waals surface area contributed by atoms with E-state index in [0.717, 1.165) is 23.7 Å². The Labute approximate surface area is 113 Å². The van der Waals surface area contributed by atoms with E-state index in [1.165, 1.54) is 0 Å². The second-order valence-electron chi connectivity index (χ2n) is 4.69. The number of benzene rings is 1. The fraction of sp³-hybridized carbons (Fsp3) is 0.385. The molecule has 5 heteroatoms. The Morgan fingerprint density at radius 2 is 2.11 bits per heavy atom. The van der Waals surface area contributed by atoms with Crippen LogP contribution in [0.5, 0.6) is 0 Å². The summed E-state index contributed by atoms with van der Waals surface area (Å²) in [5, 5.41) is 2.86. The molecule has 1 atom stereocenters. The zero-order valence-corrected chi connectivity index (χ0v) is 11.4. The summed E-state index contributed by atoms with van der Waals surface area (Å²) in [5.41, 5.74) is 1.18. The molecule has 2 heterocycles. The van der Waals surface area contributed by atoms with Crippen LogP contribution in [-0.4, -0.2) is 29.3 Å². The Morgan fingerprint density at radius 1 is 1.28 bits per heavy atom. The molecule has 2 aliphatic rings. The van der Waals surface area contributed by atoms with Crippen molar-refractivity contribution in [2.24, 2.45) is 0 Å². The number of fused-ring (bicyclic) bond motifs is 2. The molecular formula is C13H13BrN2O2. The minimum Gasteiger partial charge on any atom is -0.327 e. The van der Waals surface area contributed by atoms with Gasteiger partial charge in [0.1, 0.15) is 6.04 Å². The zero-order valence-electron chi connectivity index (χ0n) is 9.78. The number of hydrogen-bond donors (Lipinski definition) is 1. The van der Waals surface area contributed by atoms with Crippen LogP contribution in [0, 0.1) is 0 Å². The number of anilines is 1. The summed E-state index contributed by atoms with van der Waals surface area (Å²) in [5.74, 6) is -0.113. The van der Waals surface area contributed by atoms with E-state index in [4.69, 9.17) is 0 Å². The van der Waals surface area contributed by atoms with E-state index < -0.39 is 0 Å². The maximum Gasteiger partial charge on any atom is 0.256 e. The first kappa shape index (κ1) is 11.7. The van der Waals surface area contributed by atoms with Gasteiger partial charge in [0, 0.05) is 11.0 Å². The van der Waals surface area contributed by atoms with Crippen molar-refractivity contribution in [2.45, 2.75) is 25.3 Å². The van der Waals surface area contributed by atoms with Gasteiger partial charge in [-0.1, -0.05) is 15.9 Å². The van der Waals surface area contributed by atoms with Crippen LogP contribution >= 0.6 is 15.9 Å². The highest BCUT2D eigenvalue weighted by atomic mass is 79.9. The van der Waals surface area contributed by atoms with Crippen molar-refractivity contribution in [2.75, 3.05) is 11.9 Å². The predicted molar refractivity (Wildman–Crippen MR) is 71.4 cm³/mol. The van der Waals surface area contributed by atoms with Crippen molar-refractivity contribution < 1.29 is 9.59 Å². The van der Waals surface area contributed by atoms with Gasteiger partial charge in [-0.15, -0.1) is 0 Å². The largest absolute Gasteiger partial charge is 0.327 e. The number of piperidine rings is 1. The molecule has 1 aromatic carbocycles. The Kier molecular flexibility index (Phi) is 2.86. The van der Waals surface area contributed by atoms with E-state index in [9.17, 15) is 9.59 Å². The highest BCUT2D eigenvalue weighted by Gasteiger charge is 2.36. The molecule has 94 valence electrons. The summed E-state index contributed by atoms with van der Waals surface area (Å²) in [6, 6.07) is 5.07. The molecule has 0 spiro atoms. The van der Waals surface area contributed by atoms with Crippen molar-refractivity contribution in [1.29, 1.82) is 0 Å². The minimum absolute atomic E-state index is 0.0469. The van der Waals surface area contributed by atoms with Crippen LogP contribution in [0.1, 0.15) is 29.6 Å². The Bertz CT molecular complexity index is 530. The van der Waals surface area contributed by atoms with Crippen molar-refractivity contribution in [3.63, 3.8) is 0 Å².